The van der Waals surface area contributed by atoms with Gasteiger partial charge in [0.1, 0.15) is 0 Å². The van der Waals surface area contributed by atoms with Crippen LogP contribution >= 0.6 is 0 Å². The maximum atomic E-state index is 12.4. The third kappa shape index (κ3) is 2.86. The molecule has 1 heterocycles. The molecule has 1 aliphatic heterocycles. The van der Waals surface area contributed by atoms with Gasteiger partial charge in [-0.3, -0.25) is 4.79 Å². The molecular weight excluding hydrogens is 266 g/mol. The van der Waals surface area contributed by atoms with E-state index in [4.69, 9.17) is 4.74 Å². The highest BCUT2D eigenvalue weighted by Gasteiger charge is 2.32. The zero-order chi connectivity index (χ0) is 14.0. The fourth-order valence-electron chi connectivity index (χ4n) is 2.12. The van der Waals surface area contributed by atoms with E-state index >= 15 is 0 Å². The molecule has 0 spiro atoms. The van der Waals surface area contributed by atoms with Crippen LogP contribution in [-0.2, 0) is 14.8 Å². The zero-order valence-corrected chi connectivity index (χ0v) is 11.8. The molecule has 1 fully saturated rings. The summed E-state index contributed by atoms with van der Waals surface area (Å²) in [5.74, 6) is -0.0791. The van der Waals surface area contributed by atoms with Crippen LogP contribution in [0.2, 0.25) is 0 Å². The SMILES string of the molecule is COC1CCN(S(=O)(=O)c2ccc(C(C)=O)cc2)C1. The van der Waals surface area contributed by atoms with Gasteiger partial charge < -0.3 is 4.74 Å². The number of sulfonamides is 1. The number of ether oxygens (including phenoxy) is 1. The lowest BCUT2D eigenvalue weighted by Crippen LogP contribution is -2.30. The lowest BCUT2D eigenvalue weighted by molar-refractivity contribution is 0.101. The van der Waals surface area contributed by atoms with Crippen molar-refractivity contribution in [2.75, 3.05) is 20.2 Å². The molecule has 1 aromatic carbocycles. The number of ketones is 1. The van der Waals surface area contributed by atoms with Crippen LogP contribution in [0.5, 0.6) is 0 Å². The molecule has 5 nitrogen and oxygen atoms in total. The maximum Gasteiger partial charge on any atom is 0.243 e. The van der Waals surface area contributed by atoms with Gasteiger partial charge in [-0.15, -0.1) is 0 Å². The average molecular weight is 283 g/mol. The summed E-state index contributed by atoms with van der Waals surface area (Å²) in [5.41, 5.74) is 0.509. The monoisotopic (exact) mass is 283 g/mol. The predicted octanol–water partition coefficient (Wildman–Crippen LogP) is 1.30. The van der Waals surface area contributed by atoms with Crippen molar-refractivity contribution >= 4 is 15.8 Å². The van der Waals surface area contributed by atoms with Crippen LogP contribution in [0.25, 0.3) is 0 Å². The summed E-state index contributed by atoms with van der Waals surface area (Å²) in [6.07, 6.45) is 0.674. The van der Waals surface area contributed by atoms with Crippen LogP contribution in [0.15, 0.2) is 29.2 Å². The van der Waals surface area contributed by atoms with Gasteiger partial charge in [0, 0.05) is 25.8 Å². The second-order valence-corrected chi connectivity index (χ2v) is 6.53. The van der Waals surface area contributed by atoms with E-state index in [0.29, 0.717) is 25.1 Å². The molecule has 0 bridgehead atoms. The molecule has 1 saturated heterocycles. The highest BCUT2D eigenvalue weighted by atomic mass is 32.2. The first-order valence-corrected chi connectivity index (χ1v) is 7.53. The molecule has 1 atom stereocenters. The minimum atomic E-state index is -3.48. The molecule has 0 N–H and O–H groups in total. The summed E-state index contributed by atoms with van der Waals surface area (Å²) in [5, 5.41) is 0. The van der Waals surface area contributed by atoms with Gasteiger partial charge in [-0.1, -0.05) is 12.1 Å². The molecule has 0 aliphatic carbocycles. The van der Waals surface area contributed by atoms with Crippen LogP contribution in [-0.4, -0.2) is 44.8 Å². The van der Waals surface area contributed by atoms with Gasteiger partial charge in [-0.05, 0) is 25.5 Å². The number of carbonyl (C=O) groups is 1. The minimum absolute atomic E-state index is 0.0359. The third-order valence-electron chi connectivity index (χ3n) is 3.34. The van der Waals surface area contributed by atoms with Gasteiger partial charge >= 0.3 is 0 Å². The zero-order valence-electron chi connectivity index (χ0n) is 11.0. The Bertz CT molecular complexity index is 565. The summed E-state index contributed by atoms with van der Waals surface area (Å²) < 4.78 is 31.3. The van der Waals surface area contributed by atoms with E-state index in [1.54, 1.807) is 19.2 Å². The fourth-order valence-corrected chi connectivity index (χ4v) is 3.61. The first-order chi connectivity index (χ1) is 8.95. The predicted molar refractivity (Wildman–Crippen MR) is 70.6 cm³/mol. The summed E-state index contributed by atoms with van der Waals surface area (Å²) >= 11 is 0. The van der Waals surface area contributed by atoms with Gasteiger partial charge in [-0.2, -0.15) is 4.31 Å². The van der Waals surface area contributed by atoms with Crippen LogP contribution < -0.4 is 0 Å². The first-order valence-electron chi connectivity index (χ1n) is 6.09. The summed E-state index contributed by atoms with van der Waals surface area (Å²) in [4.78, 5) is 11.4. The van der Waals surface area contributed by atoms with Crippen molar-refractivity contribution in [3.05, 3.63) is 29.8 Å². The molecule has 1 aliphatic rings. The van der Waals surface area contributed by atoms with Crippen molar-refractivity contribution in [2.24, 2.45) is 0 Å². The molecule has 19 heavy (non-hydrogen) atoms. The van der Waals surface area contributed by atoms with Crippen molar-refractivity contribution in [1.82, 2.24) is 4.31 Å². The normalized spacial score (nSPS) is 20.6. The average Bonchev–Trinajstić information content (AvgIpc) is 2.88. The van der Waals surface area contributed by atoms with E-state index in [2.05, 4.69) is 0 Å². The van der Waals surface area contributed by atoms with E-state index in [1.807, 2.05) is 0 Å². The Hall–Kier alpha value is -1.24. The van der Waals surface area contributed by atoms with Crippen LogP contribution in [0.3, 0.4) is 0 Å². The first kappa shape index (κ1) is 14.2. The minimum Gasteiger partial charge on any atom is -0.380 e. The van der Waals surface area contributed by atoms with E-state index in [1.165, 1.54) is 23.4 Å². The standard InChI is InChI=1S/C13H17NO4S/c1-10(15)11-3-5-13(6-4-11)19(16,17)14-8-7-12(9-14)18-2/h3-6,12H,7-9H2,1-2H3. The van der Waals surface area contributed by atoms with Gasteiger partial charge in [0.2, 0.25) is 10.0 Å². The van der Waals surface area contributed by atoms with Gasteiger partial charge in [0.25, 0.3) is 0 Å². The van der Waals surface area contributed by atoms with E-state index < -0.39 is 10.0 Å². The number of benzene rings is 1. The van der Waals surface area contributed by atoms with Gasteiger partial charge in [0.05, 0.1) is 11.0 Å². The summed E-state index contributed by atoms with van der Waals surface area (Å²) in [7, 11) is -1.90. The quantitative estimate of drug-likeness (QED) is 0.781. The fraction of sp³-hybridized carbons (Fsp3) is 0.462. The smallest absolute Gasteiger partial charge is 0.243 e. The second-order valence-electron chi connectivity index (χ2n) is 4.59. The van der Waals surface area contributed by atoms with Crippen molar-refractivity contribution in [3.63, 3.8) is 0 Å². The molecule has 0 aromatic heterocycles. The van der Waals surface area contributed by atoms with Gasteiger partial charge in [-0.25, -0.2) is 8.42 Å². The number of hydrogen-bond acceptors (Lipinski definition) is 4. The van der Waals surface area contributed by atoms with Crippen LogP contribution in [0, 0.1) is 0 Å². The molecular formula is C13H17NO4S. The third-order valence-corrected chi connectivity index (χ3v) is 5.22. The van der Waals surface area contributed by atoms with Crippen molar-refractivity contribution in [2.45, 2.75) is 24.3 Å². The Morgan fingerprint density at radius 1 is 1.32 bits per heavy atom. The Morgan fingerprint density at radius 3 is 2.42 bits per heavy atom. The molecule has 0 radical (unpaired) electrons. The molecule has 1 unspecified atom stereocenters. The van der Waals surface area contributed by atoms with E-state index in [9.17, 15) is 13.2 Å². The van der Waals surface area contributed by atoms with Crippen molar-refractivity contribution < 1.29 is 17.9 Å². The molecule has 6 heteroatoms. The number of Topliss-reactive ketones (excluding diaryl/α,β-unsaturated/α-hetero) is 1. The highest BCUT2D eigenvalue weighted by molar-refractivity contribution is 7.89. The summed E-state index contributed by atoms with van der Waals surface area (Å²) in [6, 6.07) is 6.04. The Kier molecular flexibility index (Phi) is 4.03. The lowest BCUT2D eigenvalue weighted by atomic mass is 10.2. The molecule has 0 saturated carbocycles. The van der Waals surface area contributed by atoms with E-state index in [0.717, 1.165) is 0 Å². The summed E-state index contributed by atoms with van der Waals surface area (Å²) in [6.45, 7) is 2.30. The number of methoxy groups -OCH3 is 1. The Morgan fingerprint density at radius 2 is 1.95 bits per heavy atom. The number of hydrogen-bond donors (Lipinski definition) is 0. The lowest BCUT2D eigenvalue weighted by Gasteiger charge is -2.16. The van der Waals surface area contributed by atoms with Crippen molar-refractivity contribution in [3.8, 4) is 0 Å². The number of rotatable bonds is 4. The second kappa shape index (κ2) is 5.40. The van der Waals surface area contributed by atoms with Crippen molar-refractivity contribution in [1.29, 1.82) is 0 Å². The Balaban J connectivity index is 2.22. The molecule has 0 amide bonds. The van der Waals surface area contributed by atoms with Gasteiger partial charge in [0.15, 0.2) is 5.78 Å². The Labute approximate surface area is 113 Å². The maximum absolute atomic E-state index is 12.4. The topological polar surface area (TPSA) is 63.7 Å². The molecule has 2 rings (SSSR count). The number of nitrogens with zero attached hydrogens (tertiary/aromatic N) is 1. The number of carbonyl (C=O) groups excluding carboxylic acids is 1. The van der Waals surface area contributed by atoms with Crippen LogP contribution in [0.1, 0.15) is 23.7 Å². The molecule has 1 aromatic rings. The van der Waals surface area contributed by atoms with Crippen LogP contribution in [0.4, 0.5) is 0 Å². The molecule has 104 valence electrons. The highest BCUT2D eigenvalue weighted by Crippen LogP contribution is 2.22. The largest absolute Gasteiger partial charge is 0.380 e. The van der Waals surface area contributed by atoms with E-state index in [-0.39, 0.29) is 16.8 Å².